The van der Waals surface area contributed by atoms with Crippen LogP contribution in [0, 0.1) is 10.1 Å². The minimum Gasteiger partial charge on any atom is -0.481 e. The molecule has 0 amide bonds. The first kappa shape index (κ1) is 14.3. The number of aliphatic carboxylic acids is 1. The fourth-order valence-corrected chi connectivity index (χ4v) is 2.98. The summed E-state index contributed by atoms with van der Waals surface area (Å²) in [5.41, 5.74) is 0.279. The molecule has 0 radical (unpaired) electrons. The van der Waals surface area contributed by atoms with E-state index in [1.165, 1.54) is 24.0 Å². The fraction of sp³-hybridized carbons (Fsp3) is 0.231. The number of nitro benzene ring substituents is 1. The molecule has 104 valence electrons. The number of carboxylic acids is 1. The van der Waals surface area contributed by atoms with Gasteiger partial charge in [0, 0.05) is 27.8 Å². The van der Waals surface area contributed by atoms with Crippen molar-refractivity contribution >= 4 is 34.3 Å². The minimum atomic E-state index is -0.866. The van der Waals surface area contributed by atoms with E-state index in [4.69, 9.17) is 5.11 Å². The molecule has 1 N–H and O–H groups in total. The lowest BCUT2D eigenvalue weighted by atomic mass is 10.2. The van der Waals surface area contributed by atoms with Crippen LogP contribution in [0.25, 0.3) is 10.9 Å². The Bertz CT molecular complexity index is 674. The first-order valence-corrected chi connectivity index (χ1v) is 6.77. The average molecular weight is 292 g/mol. The molecule has 1 heterocycles. The predicted octanol–water partition coefficient (Wildman–Crippen LogP) is 3.10. The second kappa shape index (κ2) is 5.87. The second-order valence-corrected chi connectivity index (χ2v) is 5.75. The molecule has 0 aliphatic rings. The zero-order valence-corrected chi connectivity index (χ0v) is 11.5. The number of aromatic nitrogens is 1. The Morgan fingerprint density at radius 1 is 1.50 bits per heavy atom. The van der Waals surface area contributed by atoms with Crippen molar-refractivity contribution in [3.8, 4) is 0 Å². The number of rotatable bonds is 5. The number of benzene rings is 1. The molecule has 20 heavy (non-hydrogen) atoms. The van der Waals surface area contributed by atoms with Crippen molar-refractivity contribution in [2.75, 3.05) is 0 Å². The molecule has 1 aromatic carbocycles. The van der Waals surface area contributed by atoms with Crippen LogP contribution in [-0.2, 0) is 4.79 Å². The third-order valence-corrected chi connectivity index (χ3v) is 3.87. The summed E-state index contributed by atoms with van der Waals surface area (Å²) >= 11 is 1.38. The lowest BCUT2D eigenvalue weighted by Gasteiger charge is -2.10. The van der Waals surface area contributed by atoms with Crippen molar-refractivity contribution in [3.05, 3.63) is 40.6 Å². The van der Waals surface area contributed by atoms with Crippen molar-refractivity contribution in [1.82, 2.24) is 4.98 Å². The van der Waals surface area contributed by atoms with Gasteiger partial charge in [-0.05, 0) is 18.2 Å². The Morgan fingerprint density at radius 3 is 2.90 bits per heavy atom. The Balaban J connectivity index is 2.43. The molecule has 1 aromatic heterocycles. The number of non-ortho nitro benzene ring substituents is 1. The molecule has 0 saturated heterocycles. The first-order valence-electron chi connectivity index (χ1n) is 5.89. The van der Waals surface area contributed by atoms with Gasteiger partial charge in [-0.15, -0.1) is 11.8 Å². The minimum absolute atomic E-state index is 0.0312. The van der Waals surface area contributed by atoms with Crippen LogP contribution in [-0.4, -0.2) is 26.2 Å². The third-order valence-electron chi connectivity index (χ3n) is 2.70. The number of nitrogens with zero attached hydrogens (tertiary/aromatic N) is 2. The standard InChI is InChI=1S/C13H12N2O4S/c1-8(7-12(16)17)20-11-5-4-10(15(18)19)13-9(11)3-2-6-14-13/h2-6,8H,7H2,1H3,(H,16,17). The van der Waals surface area contributed by atoms with Gasteiger partial charge in [0.25, 0.3) is 5.69 Å². The highest BCUT2D eigenvalue weighted by atomic mass is 32.2. The highest BCUT2D eigenvalue weighted by Crippen LogP contribution is 2.35. The summed E-state index contributed by atoms with van der Waals surface area (Å²) < 4.78 is 0. The summed E-state index contributed by atoms with van der Waals surface area (Å²) in [6, 6.07) is 6.51. The molecular weight excluding hydrogens is 280 g/mol. The Kier molecular flexibility index (Phi) is 4.19. The summed E-state index contributed by atoms with van der Waals surface area (Å²) in [6.07, 6.45) is 1.54. The van der Waals surface area contributed by atoms with Crippen LogP contribution < -0.4 is 0 Å². The SMILES string of the molecule is CC(CC(=O)O)Sc1ccc([N+](=O)[O-])c2ncccc12. The van der Waals surface area contributed by atoms with Crippen LogP contribution in [0.1, 0.15) is 13.3 Å². The van der Waals surface area contributed by atoms with Gasteiger partial charge in [-0.1, -0.05) is 6.92 Å². The Morgan fingerprint density at radius 2 is 2.25 bits per heavy atom. The maximum absolute atomic E-state index is 11.0. The highest BCUT2D eigenvalue weighted by molar-refractivity contribution is 8.00. The summed E-state index contributed by atoms with van der Waals surface area (Å²) in [7, 11) is 0. The largest absolute Gasteiger partial charge is 0.481 e. The van der Waals surface area contributed by atoms with Crippen LogP contribution in [0.15, 0.2) is 35.4 Å². The van der Waals surface area contributed by atoms with Gasteiger partial charge in [0.1, 0.15) is 5.52 Å². The summed E-state index contributed by atoms with van der Waals surface area (Å²) in [5, 5.41) is 20.3. The fourth-order valence-electron chi connectivity index (χ4n) is 1.89. The summed E-state index contributed by atoms with van der Waals surface area (Å²) in [5.74, 6) is -0.866. The molecule has 0 aliphatic carbocycles. The molecular formula is C13H12N2O4S. The van der Waals surface area contributed by atoms with Crippen LogP contribution >= 0.6 is 11.8 Å². The number of thioether (sulfide) groups is 1. The van der Waals surface area contributed by atoms with Crippen LogP contribution in [0.2, 0.25) is 0 Å². The molecule has 6 nitrogen and oxygen atoms in total. The monoisotopic (exact) mass is 292 g/mol. The van der Waals surface area contributed by atoms with E-state index in [9.17, 15) is 14.9 Å². The van der Waals surface area contributed by atoms with Crippen LogP contribution in [0.4, 0.5) is 5.69 Å². The number of nitro groups is 1. The van der Waals surface area contributed by atoms with Gasteiger partial charge in [-0.25, -0.2) is 4.98 Å². The molecule has 1 atom stereocenters. The topological polar surface area (TPSA) is 93.3 Å². The summed E-state index contributed by atoms with van der Waals surface area (Å²) in [4.78, 5) is 26.1. The average Bonchev–Trinajstić information content (AvgIpc) is 2.37. The van der Waals surface area contributed by atoms with Gasteiger partial charge in [-0.3, -0.25) is 14.9 Å². The maximum Gasteiger partial charge on any atom is 0.304 e. The van der Waals surface area contributed by atoms with Crippen molar-refractivity contribution in [2.24, 2.45) is 0 Å². The van der Waals surface area contributed by atoms with Crippen LogP contribution in [0.3, 0.4) is 0 Å². The van der Waals surface area contributed by atoms with Crippen molar-refractivity contribution in [2.45, 2.75) is 23.5 Å². The predicted molar refractivity (Wildman–Crippen MR) is 76.0 cm³/mol. The van der Waals surface area contributed by atoms with Crippen molar-refractivity contribution < 1.29 is 14.8 Å². The summed E-state index contributed by atoms with van der Waals surface area (Å²) in [6.45, 7) is 1.81. The van der Waals surface area contributed by atoms with Gasteiger partial charge in [-0.2, -0.15) is 0 Å². The number of carboxylic acid groups (broad SMARTS) is 1. The van der Waals surface area contributed by atoms with Gasteiger partial charge in [0.15, 0.2) is 0 Å². The smallest absolute Gasteiger partial charge is 0.304 e. The van der Waals surface area contributed by atoms with Crippen molar-refractivity contribution in [3.63, 3.8) is 0 Å². The van der Waals surface area contributed by atoms with E-state index >= 15 is 0 Å². The quantitative estimate of drug-likeness (QED) is 0.517. The zero-order valence-electron chi connectivity index (χ0n) is 10.6. The zero-order chi connectivity index (χ0) is 14.7. The molecule has 0 spiro atoms. The van der Waals surface area contributed by atoms with E-state index in [1.807, 2.05) is 6.92 Å². The van der Waals surface area contributed by atoms with E-state index < -0.39 is 10.9 Å². The number of hydrogen-bond acceptors (Lipinski definition) is 5. The molecule has 0 aliphatic heterocycles. The number of carbonyl (C=O) groups is 1. The van der Waals surface area contributed by atoms with E-state index in [2.05, 4.69) is 4.98 Å². The number of pyridine rings is 1. The third kappa shape index (κ3) is 3.05. The van der Waals surface area contributed by atoms with Gasteiger partial charge in [0.05, 0.1) is 11.3 Å². The van der Waals surface area contributed by atoms with E-state index in [0.717, 1.165) is 4.90 Å². The molecule has 7 heteroatoms. The molecule has 0 fully saturated rings. The molecule has 1 unspecified atom stereocenters. The molecule has 0 bridgehead atoms. The lowest BCUT2D eigenvalue weighted by molar-refractivity contribution is -0.383. The number of hydrogen-bond donors (Lipinski definition) is 1. The molecule has 2 rings (SSSR count). The molecule has 0 saturated carbocycles. The van der Waals surface area contributed by atoms with Gasteiger partial charge < -0.3 is 5.11 Å². The van der Waals surface area contributed by atoms with Gasteiger partial charge in [0.2, 0.25) is 0 Å². The van der Waals surface area contributed by atoms with Crippen LogP contribution in [0.5, 0.6) is 0 Å². The second-order valence-electron chi connectivity index (χ2n) is 4.27. The Hall–Kier alpha value is -2.15. The Labute approximate surface area is 119 Å². The first-order chi connectivity index (χ1) is 9.49. The number of fused-ring (bicyclic) bond motifs is 1. The maximum atomic E-state index is 11.0. The van der Waals surface area contributed by atoms with Crippen molar-refractivity contribution in [1.29, 1.82) is 0 Å². The van der Waals surface area contributed by atoms with E-state index in [-0.39, 0.29) is 17.4 Å². The highest BCUT2D eigenvalue weighted by Gasteiger charge is 2.17. The van der Waals surface area contributed by atoms with E-state index in [1.54, 1.807) is 18.2 Å². The normalized spacial score (nSPS) is 12.2. The molecule has 2 aromatic rings. The lowest BCUT2D eigenvalue weighted by Crippen LogP contribution is -2.05. The van der Waals surface area contributed by atoms with Gasteiger partial charge >= 0.3 is 5.97 Å². The van der Waals surface area contributed by atoms with E-state index in [0.29, 0.717) is 10.9 Å².